The molecule has 0 unspecified atom stereocenters. The Morgan fingerprint density at radius 2 is 1.82 bits per heavy atom. The summed E-state index contributed by atoms with van der Waals surface area (Å²) < 4.78 is 16.5. The van der Waals surface area contributed by atoms with E-state index in [4.69, 9.17) is 14.0 Å². The molecule has 146 valence electrons. The molecule has 1 N–H and O–H groups in total. The molecule has 3 rings (SSSR count). The van der Waals surface area contributed by atoms with E-state index in [9.17, 15) is 4.79 Å². The highest BCUT2D eigenvalue weighted by Gasteiger charge is 2.21. The topological polar surface area (TPSA) is 73.6 Å². The van der Waals surface area contributed by atoms with Crippen LogP contribution in [0.25, 0.3) is 0 Å². The molecule has 2 aromatic carbocycles. The standard InChI is InChI=1S/C22H24N2O4/c1-22(2,3)19-13-20(24-28-19)23-21(25)16-10-11-17(18(12-16)26-4)27-14-15-8-6-5-7-9-15/h5-13H,14H2,1-4H3,(H,23,24,25). The van der Waals surface area contributed by atoms with Crippen molar-refractivity contribution in [3.63, 3.8) is 0 Å². The smallest absolute Gasteiger partial charge is 0.257 e. The Labute approximate surface area is 164 Å². The number of carbonyl (C=O) groups excluding carboxylic acids is 1. The molecular weight excluding hydrogens is 356 g/mol. The number of anilines is 1. The van der Waals surface area contributed by atoms with Crippen LogP contribution in [-0.4, -0.2) is 18.2 Å². The molecule has 0 aliphatic carbocycles. The van der Waals surface area contributed by atoms with Crippen molar-refractivity contribution in [1.29, 1.82) is 0 Å². The first-order valence-electron chi connectivity index (χ1n) is 9.00. The average Bonchev–Trinajstić information content (AvgIpc) is 3.16. The van der Waals surface area contributed by atoms with Crippen molar-refractivity contribution in [3.8, 4) is 11.5 Å². The second kappa shape index (κ2) is 8.17. The quantitative estimate of drug-likeness (QED) is 0.664. The summed E-state index contributed by atoms with van der Waals surface area (Å²) in [6.45, 7) is 6.45. The molecule has 0 aliphatic heterocycles. The number of ether oxygens (including phenoxy) is 2. The van der Waals surface area contributed by atoms with Gasteiger partial charge in [0, 0.05) is 17.0 Å². The first-order chi connectivity index (χ1) is 13.4. The van der Waals surface area contributed by atoms with Crippen molar-refractivity contribution >= 4 is 11.7 Å². The molecule has 28 heavy (non-hydrogen) atoms. The summed E-state index contributed by atoms with van der Waals surface area (Å²) in [5, 5.41) is 6.65. The Morgan fingerprint density at radius 1 is 1.07 bits per heavy atom. The number of amides is 1. The predicted octanol–water partition coefficient (Wildman–Crippen LogP) is 4.81. The third-order valence-electron chi connectivity index (χ3n) is 4.15. The van der Waals surface area contributed by atoms with Gasteiger partial charge in [-0.2, -0.15) is 0 Å². The first kappa shape index (κ1) is 19.5. The fraction of sp³-hybridized carbons (Fsp3) is 0.273. The lowest BCUT2D eigenvalue weighted by molar-refractivity contribution is 0.102. The molecule has 6 heteroatoms. The van der Waals surface area contributed by atoms with Gasteiger partial charge >= 0.3 is 0 Å². The maximum atomic E-state index is 12.5. The Hall–Kier alpha value is -3.28. The van der Waals surface area contributed by atoms with Crippen LogP contribution in [0.1, 0.15) is 42.5 Å². The Balaban J connectivity index is 1.70. The van der Waals surface area contributed by atoms with Gasteiger partial charge in [0.25, 0.3) is 5.91 Å². The molecule has 1 aromatic heterocycles. The lowest BCUT2D eigenvalue weighted by Crippen LogP contribution is -2.13. The monoisotopic (exact) mass is 380 g/mol. The van der Waals surface area contributed by atoms with Gasteiger partial charge in [0.2, 0.25) is 0 Å². The zero-order chi connectivity index (χ0) is 20.1. The van der Waals surface area contributed by atoms with E-state index in [2.05, 4.69) is 10.5 Å². The van der Waals surface area contributed by atoms with E-state index in [1.807, 2.05) is 51.1 Å². The number of carbonyl (C=O) groups is 1. The number of rotatable bonds is 6. The second-order valence-electron chi connectivity index (χ2n) is 7.42. The number of hydrogen-bond acceptors (Lipinski definition) is 5. The van der Waals surface area contributed by atoms with Crippen molar-refractivity contribution in [2.75, 3.05) is 12.4 Å². The van der Waals surface area contributed by atoms with Gasteiger partial charge in [-0.3, -0.25) is 4.79 Å². The van der Waals surface area contributed by atoms with Crippen molar-refractivity contribution < 1.29 is 18.8 Å². The summed E-state index contributed by atoms with van der Waals surface area (Å²) in [7, 11) is 1.54. The minimum atomic E-state index is -0.304. The number of aromatic nitrogens is 1. The number of benzene rings is 2. The fourth-order valence-electron chi connectivity index (χ4n) is 2.54. The van der Waals surface area contributed by atoms with Crippen LogP contribution in [0, 0.1) is 0 Å². The summed E-state index contributed by atoms with van der Waals surface area (Å²) in [5.41, 5.74) is 1.30. The van der Waals surface area contributed by atoms with Crippen molar-refractivity contribution in [2.24, 2.45) is 0 Å². The number of nitrogens with one attached hydrogen (secondary N) is 1. The lowest BCUT2D eigenvalue weighted by Gasteiger charge is -2.12. The molecule has 0 saturated carbocycles. The molecule has 6 nitrogen and oxygen atoms in total. The van der Waals surface area contributed by atoms with Crippen LogP contribution in [0.15, 0.2) is 59.1 Å². The van der Waals surface area contributed by atoms with Crippen molar-refractivity contribution in [1.82, 2.24) is 5.16 Å². The maximum Gasteiger partial charge on any atom is 0.257 e. The molecule has 0 saturated heterocycles. The molecule has 1 heterocycles. The van der Waals surface area contributed by atoms with Crippen LogP contribution in [0.5, 0.6) is 11.5 Å². The summed E-state index contributed by atoms with van der Waals surface area (Å²) in [5.74, 6) is 1.82. The number of hydrogen-bond donors (Lipinski definition) is 1. The zero-order valence-corrected chi connectivity index (χ0v) is 16.5. The molecule has 1 amide bonds. The number of nitrogens with zero attached hydrogens (tertiary/aromatic N) is 1. The van der Waals surface area contributed by atoms with Crippen LogP contribution >= 0.6 is 0 Å². The molecular formula is C22H24N2O4. The van der Waals surface area contributed by atoms with E-state index in [0.29, 0.717) is 35.2 Å². The van der Waals surface area contributed by atoms with Gasteiger partial charge in [-0.25, -0.2) is 0 Å². The van der Waals surface area contributed by atoms with E-state index in [0.717, 1.165) is 5.56 Å². The zero-order valence-electron chi connectivity index (χ0n) is 16.5. The fourth-order valence-corrected chi connectivity index (χ4v) is 2.54. The van der Waals surface area contributed by atoms with E-state index < -0.39 is 0 Å². The van der Waals surface area contributed by atoms with Gasteiger partial charge in [-0.1, -0.05) is 56.3 Å². The van der Waals surface area contributed by atoms with Crippen molar-refractivity contribution in [2.45, 2.75) is 32.8 Å². The molecule has 3 aromatic rings. The molecule has 0 bridgehead atoms. The van der Waals surface area contributed by atoms with E-state index in [-0.39, 0.29) is 11.3 Å². The average molecular weight is 380 g/mol. The third kappa shape index (κ3) is 4.71. The van der Waals surface area contributed by atoms with E-state index in [1.165, 1.54) is 0 Å². The van der Waals surface area contributed by atoms with Crippen LogP contribution in [0.3, 0.4) is 0 Å². The molecule has 0 aliphatic rings. The minimum Gasteiger partial charge on any atom is -0.493 e. The van der Waals surface area contributed by atoms with Crippen LogP contribution in [-0.2, 0) is 12.0 Å². The Morgan fingerprint density at radius 3 is 2.46 bits per heavy atom. The summed E-state index contributed by atoms with van der Waals surface area (Å²) in [6, 6.07) is 16.6. The SMILES string of the molecule is COc1cc(C(=O)Nc2cc(C(C)(C)C)on2)ccc1OCc1ccccc1. The van der Waals surface area contributed by atoms with Crippen LogP contribution in [0.2, 0.25) is 0 Å². The molecule has 0 radical (unpaired) electrons. The first-order valence-corrected chi connectivity index (χ1v) is 9.00. The molecule has 0 fully saturated rings. The van der Waals surface area contributed by atoms with Gasteiger partial charge in [0.1, 0.15) is 12.4 Å². The van der Waals surface area contributed by atoms with Crippen molar-refractivity contribution in [3.05, 3.63) is 71.5 Å². The number of methoxy groups -OCH3 is 1. The van der Waals surface area contributed by atoms with Gasteiger partial charge in [-0.05, 0) is 23.8 Å². The van der Waals surface area contributed by atoms with Gasteiger partial charge < -0.3 is 19.3 Å². The summed E-state index contributed by atoms with van der Waals surface area (Å²) in [6.07, 6.45) is 0. The normalized spacial score (nSPS) is 11.1. The van der Waals surface area contributed by atoms with Gasteiger partial charge in [0.15, 0.2) is 17.3 Å². The lowest BCUT2D eigenvalue weighted by atomic mass is 9.93. The van der Waals surface area contributed by atoms with E-state index >= 15 is 0 Å². The summed E-state index contributed by atoms with van der Waals surface area (Å²) in [4.78, 5) is 12.5. The molecule has 0 spiro atoms. The minimum absolute atomic E-state index is 0.184. The Bertz CT molecular complexity index is 943. The highest BCUT2D eigenvalue weighted by molar-refractivity contribution is 6.04. The third-order valence-corrected chi connectivity index (χ3v) is 4.15. The molecule has 0 atom stereocenters. The highest BCUT2D eigenvalue weighted by Crippen LogP contribution is 2.29. The van der Waals surface area contributed by atoms with Gasteiger partial charge in [-0.15, -0.1) is 0 Å². The van der Waals surface area contributed by atoms with Crippen LogP contribution in [0.4, 0.5) is 5.82 Å². The predicted molar refractivity (Wildman–Crippen MR) is 107 cm³/mol. The van der Waals surface area contributed by atoms with Gasteiger partial charge in [0.05, 0.1) is 7.11 Å². The largest absolute Gasteiger partial charge is 0.493 e. The van der Waals surface area contributed by atoms with Crippen LogP contribution < -0.4 is 14.8 Å². The maximum absolute atomic E-state index is 12.5. The Kier molecular flexibility index (Phi) is 5.68. The van der Waals surface area contributed by atoms with E-state index in [1.54, 1.807) is 31.4 Å². The summed E-state index contributed by atoms with van der Waals surface area (Å²) >= 11 is 0. The highest BCUT2D eigenvalue weighted by atomic mass is 16.5. The second-order valence-corrected chi connectivity index (χ2v) is 7.42.